The van der Waals surface area contributed by atoms with Crippen molar-refractivity contribution in [1.29, 1.82) is 0 Å². The molecule has 0 spiro atoms. The van der Waals surface area contributed by atoms with Crippen LogP contribution in [0.3, 0.4) is 0 Å². The quantitative estimate of drug-likeness (QED) is 0.588. The SMILES string of the molecule is O=C(NCCCCCCBr)c1ccc(F)c(Cl)c1. The summed E-state index contributed by atoms with van der Waals surface area (Å²) >= 11 is 8.99. The lowest BCUT2D eigenvalue weighted by Crippen LogP contribution is -2.24. The standard InChI is InChI=1S/C13H16BrClFNO/c14-7-3-1-2-4-8-17-13(18)10-5-6-12(16)11(15)9-10/h5-6,9H,1-4,7-8H2,(H,17,18). The Morgan fingerprint density at radius 1 is 1.28 bits per heavy atom. The maximum Gasteiger partial charge on any atom is 0.251 e. The average molecular weight is 337 g/mol. The molecule has 2 nitrogen and oxygen atoms in total. The zero-order valence-corrected chi connectivity index (χ0v) is 12.4. The highest BCUT2D eigenvalue weighted by atomic mass is 79.9. The minimum absolute atomic E-state index is 0.0278. The molecule has 0 aliphatic carbocycles. The summed E-state index contributed by atoms with van der Waals surface area (Å²) in [6.07, 6.45) is 4.36. The number of alkyl halides is 1. The van der Waals surface area contributed by atoms with E-state index >= 15 is 0 Å². The molecule has 100 valence electrons. The molecule has 0 atom stereocenters. The lowest BCUT2D eigenvalue weighted by atomic mass is 10.2. The summed E-state index contributed by atoms with van der Waals surface area (Å²) < 4.78 is 12.9. The molecular weight excluding hydrogens is 321 g/mol. The zero-order valence-electron chi connectivity index (χ0n) is 10.0. The molecule has 1 aromatic rings. The molecule has 1 rings (SSSR count). The monoisotopic (exact) mass is 335 g/mol. The number of hydrogen-bond donors (Lipinski definition) is 1. The van der Waals surface area contributed by atoms with Crippen molar-refractivity contribution < 1.29 is 9.18 Å². The van der Waals surface area contributed by atoms with Gasteiger partial charge in [0.05, 0.1) is 5.02 Å². The van der Waals surface area contributed by atoms with Crippen LogP contribution in [0, 0.1) is 5.82 Å². The van der Waals surface area contributed by atoms with Gasteiger partial charge in [-0.25, -0.2) is 4.39 Å². The third-order valence-corrected chi connectivity index (χ3v) is 3.38. The number of unbranched alkanes of at least 4 members (excludes halogenated alkanes) is 3. The molecule has 0 heterocycles. The fourth-order valence-corrected chi connectivity index (χ4v) is 2.09. The molecular formula is C13H16BrClFNO. The van der Waals surface area contributed by atoms with Gasteiger partial charge in [-0.05, 0) is 31.0 Å². The number of carbonyl (C=O) groups excluding carboxylic acids is 1. The van der Waals surface area contributed by atoms with Gasteiger partial charge in [0.15, 0.2) is 0 Å². The Morgan fingerprint density at radius 2 is 2.00 bits per heavy atom. The molecule has 0 fully saturated rings. The second-order valence-corrected chi connectivity index (χ2v) is 5.19. The maximum absolute atomic E-state index is 12.9. The number of carbonyl (C=O) groups is 1. The van der Waals surface area contributed by atoms with Crippen LogP contribution in [0.4, 0.5) is 4.39 Å². The molecule has 0 bridgehead atoms. The number of hydrogen-bond acceptors (Lipinski definition) is 1. The normalized spacial score (nSPS) is 10.4. The van der Waals surface area contributed by atoms with Crippen LogP contribution in [0.5, 0.6) is 0 Å². The Labute approximate surface area is 120 Å². The van der Waals surface area contributed by atoms with Crippen molar-refractivity contribution >= 4 is 33.4 Å². The molecule has 0 unspecified atom stereocenters. The first kappa shape index (κ1) is 15.4. The smallest absolute Gasteiger partial charge is 0.251 e. The summed E-state index contributed by atoms with van der Waals surface area (Å²) in [6, 6.07) is 3.98. The molecule has 0 saturated heterocycles. The van der Waals surface area contributed by atoms with Crippen molar-refractivity contribution in [3.8, 4) is 0 Å². The van der Waals surface area contributed by atoms with Crippen molar-refractivity contribution in [2.75, 3.05) is 11.9 Å². The molecule has 1 N–H and O–H groups in total. The van der Waals surface area contributed by atoms with Gasteiger partial charge in [0.2, 0.25) is 0 Å². The third kappa shape index (κ3) is 5.36. The number of halogens is 3. The summed E-state index contributed by atoms with van der Waals surface area (Å²) in [5.41, 5.74) is 0.391. The van der Waals surface area contributed by atoms with Crippen molar-refractivity contribution in [2.24, 2.45) is 0 Å². The van der Waals surface area contributed by atoms with E-state index in [-0.39, 0.29) is 10.9 Å². The molecule has 0 saturated carbocycles. The van der Waals surface area contributed by atoms with Gasteiger partial charge in [0, 0.05) is 17.4 Å². The fraction of sp³-hybridized carbons (Fsp3) is 0.462. The van der Waals surface area contributed by atoms with E-state index in [9.17, 15) is 9.18 Å². The van der Waals surface area contributed by atoms with Crippen molar-refractivity contribution in [3.05, 3.63) is 34.6 Å². The Balaban J connectivity index is 2.30. The summed E-state index contributed by atoms with van der Waals surface area (Å²) in [6.45, 7) is 0.635. The lowest BCUT2D eigenvalue weighted by molar-refractivity contribution is 0.0953. The van der Waals surface area contributed by atoms with Gasteiger partial charge < -0.3 is 5.32 Å². The van der Waals surface area contributed by atoms with E-state index in [1.807, 2.05) is 0 Å². The highest BCUT2D eigenvalue weighted by molar-refractivity contribution is 9.09. The van der Waals surface area contributed by atoms with E-state index in [2.05, 4.69) is 21.2 Å². The Hall–Kier alpha value is -0.610. The first-order valence-electron chi connectivity index (χ1n) is 5.94. The fourth-order valence-electron chi connectivity index (χ4n) is 1.51. The van der Waals surface area contributed by atoms with Crippen molar-refractivity contribution in [1.82, 2.24) is 5.32 Å². The number of benzene rings is 1. The van der Waals surface area contributed by atoms with E-state index < -0.39 is 5.82 Å². The van der Waals surface area contributed by atoms with E-state index in [0.29, 0.717) is 12.1 Å². The second kappa shape index (κ2) is 8.48. The van der Waals surface area contributed by atoms with Crippen molar-refractivity contribution in [2.45, 2.75) is 25.7 Å². The molecule has 0 radical (unpaired) electrons. The van der Waals surface area contributed by atoms with Crippen LogP contribution in [0.1, 0.15) is 36.0 Å². The van der Waals surface area contributed by atoms with Crippen LogP contribution in [0.15, 0.2) is 18.2 Å². The Bertz CT molecular complexity index is 401. The van der Waals surface area contributed by atoms with Crippen LogP contribution in [0.25, 0.3) is 0 Å². The topological polar surface area (TPSA) is 29.1 Å². The highest BCUT2D eigenvalue weighted by Gasteiger charge is 2.07. The number of amides is 1. The van der Waals surface area contributed by atoms with Crippen LogP contribution in [-0.2, 0) is 0 Å². The molecule has 1 amide bonds. The molecule has 0 aliphatic heterocycles. The first-order valence-corrected chi connectivity index (χ1v) is 7.44. The van der Waals surface area contributed by atoms with E-state index in [1.165, 1.54) is 18.2 Å². The summed E-state index contributed by atoms with van der Waals surface area (Å²) in [7, 11) is 0. The van der Waals surface area contributed by atoms with Crippen LogP contribution in [0.2, 0.25) is 5.02 Å². The average Bonchev–Trinajstić information content (AvgIpc) is 2.36. The molecule has 0 aromatic heterocycles. The van der Waals surface area contributed by atoms with Gasteiger partial charge in [-0.2, -0.15) is 0 Å². The van der Waals surface area contributed by atoms with E-state index in [0.717, 1.165) is 31.0 Å². The lowest BCUT2D eigenvalue weighted by Gasteiger charge is -2.05. The van der Waals surface area contributed by atoms with Gasteiger partial charge in [0.1, 0.15) is 5.82 Å². The van der Waals surface area contributed by atoms with Gasteiger partial charge in [-0.1, -0.05) is 40.4 Å². The third-order valence-electron chi connectivity index (χ3n) is 2.53. The molecule has 0 aliphatic rings. The summed E-state index contributed by atoms with van der Waals surface area (Å²) in [4.78, 5) is 11.7. The second-order valence-electron chi connectivity index (χ2n) is 3.99. The summed E-state index contributed by atoms with van der Waals surface area (Å²) in [5, 5.41) is 3.78. The van der Waals surface area contributed by atoms with Gasteiger partial charge >= 0.3 is 0 Å². The van der Waals surface area contributed by atoms with Gasteiger partial charge in [-0.3, -0.25) is 4.79 Å². The van der Waals surface area contributed by atoms with Crippen LogP contribution >= 0.6 is 27.5 Å². The predicted octanol–water partition coefficient (Wildman–Crippen LogP) is 4.16. The first-order chi connectivity index (χ1) is 8.65. The van der Waals surface area contributed by atoms with Gasteiger partial charge in [-0.15, -0.1) is 0 Å². The Kier molecular flexibility index (Phi) is 7.28. The number of rotatable bonds is 7. The molecule has 1 aromatic carbocycles. The minimum atomic E-state index is -0.511. The largest absolute Gasteiger partial charge is 0.352 e. The van der Waals surface area contributed by atoms with Crippen LogP contribution < -0.4 is 5.32 Å². The maximum atomic E-state index is 12.9. The molecule has 5 heteroatoms. The van der Waals surface area contributed by atoms with E-state index in [4.69, 9.17) is 11.6 Å². The van der Waals surface area contributed by atoms with Gasteiger partial charge in [0.25, 0.3) is 5.91 Å². The van der Waals surface area contributed by atoms with Crippen LogP contribution in [-0.4, -0.2) is 17.8 Å². The minimum Gasteiger partial charge on any atom is -0.352 e. The van der Waals surface area contributed by atoms with E-state index in [1.54, 1.807) is 0 Å². The Morgan fingerprint density at radius 3 is 2.67 bits per heavy atom. The van der Waals surface area contributed by atoms with Crippen molar-refractivity contribution in [3.63, 3.8) is 0 Å². The summed E-state index contributed by atoms with van der Waals surface area (Å²) in [5.74, 6) is -0.722. The number of nitrogens with one attached hydrogen (secondary N) is 1. The molecule has 18 heavy (non-hydrogen) atoms. The highest BCUT2D eigenvalue weighted by Crippen LogP contribution is 2.15. The zero-order chi connectivity index (χ0) is 13.4. The predicted molar refractivity (Wildman–Crippen MR) is 76.0 cm³/mol.